The Morgan fingerprint density at radius 3 is 2.57 bits per heavy atom. The fraction of sp³-hybridized carbons (Fsp3) is 0.522. The number of likely N-dealkylation sites (tertiary alicyclic amines) is 1. The summed E-state index contributed by atoms with van der Waals surface area (Å²) in [7, 11) is 0. The van der Waals surface area contributed by atoms with Gasteiger partial charge in [0.2, 0.25) is 0 Å². The van der Waals surface area contributed by atoms with Crippen molar-refractivity contribution in [1.82, 2.24) is 14.9 Å². The Hall–Kier alpha value is -2.27. The molecule has 1 aromatic carbocycles. The molecule has 2 saturated heterocycles. The Kier molecular flexibility index (Phi) is 3.64. The zero-order valence-corrected chi connectivity index (χ0v) is 16.1. The fourth-order valence-electron chi connectivity index (χ4n) is 5.02. The average Bonchev–Trinajstić information content (AvgIpc) is 3.40. The first-order valence-electron chi connectivity index (χ1n) is 10.5. The Bertz CT molecular complexity index is 926. The van der Waals surface area contributed by atoms with Crippen LogP contribution in [0.25, 0.3) is 0 Å². The van der Waals surface area contributed by atoms with Crippen molar-refractivity contribution in [1.29, 1.82) is 0 Å². The van der Waals surface area contributed by atoms with Gasteiger partial charge >= 0.3 is 0 Å². The van der Waals surface area contributed by atoms with Gasteiger partial charge in [0.25, 0.3) is 5.91 Å². The maximum atomic E-state index is 12.7. The molecule has 1 atom stereocenters. The van der Waals surface area contributed by atoms with E-state index in [1.165, 1.54) is 29.5 Å². The standard InChI is InChI=1S/C23H25N3O2/c27-22(26-6-5-23(26)13-28-14-23)20-11-24-21(25-12-20)9-15-7-17-3-4-18(16-1-2-16)10-19(17)8-15/h3-4,10-12,15-16H,1-2,5-9,13-14H2. The van der Waals surface area contributed by atoms with Crippen LogP contribution in [0.15, 0.2) is 30.6 Å². The van der Waals surface area contributed by atoms with E-state index in [1.54, 1.807) is 12.4 Å². The van der Waals surface area contributed by atoms with E-state index in [1.807, 2.05) is 4.90 Å². The summed E-state index contributed by atoms with van der Waals surface area (Å²) >= 11 is 0. The van der Waals surface area contributed by atoms with Gasteiger partial charge < -0.3 is 9.64 Å². The minimum absolute atomic E-state index is 0.0370. The van der Waals surface area contributed by atoms with E-state index in [2.05, 4.69) is 28.2 Å². The van der Waals surface area contributed by atoms with Crippen LogP contribution >= 0.6 is 0 Å². The number of hydrogen-bond donors (Lipinski definition) is 0. The molecule has 0 radical (unpaired) electrons. The first-order chi connectivity index (χ1) is 13.7. The molecule has 1 amide bonds. The zero-order valence-electron chi connectivity index (χ0n) is 16.1. The van der Waals surface area contributed by atoms with Gasteiger partial charge in [-0.2, -0.15) is 0 Å². The lowest BCUT2D eigenvalue weighted by molar-refractivity contribution is -0.172. The summed E-state index contributed by atoms with van der Waals surface area (Å²) < 4.78 is 5.32. The highest BCUT2D eigenvalue weighted by Crippen LogP contribution is 2.42. The minimum Gasteiger partial charge on any atom is -0.376 e. The van der Waals surface area contributed by atoms with E-state index in [-0.39, 0.29) is 11.4 Å². The minimum atomic E-state index is -0.0370. The number of hydrogen-bond acceptors (Lipinski definition) is 4. The Balaban J connectivity index is 1.11. The molecule has 5 nitrogen and oxygen atoms in total. The Morgan fingerprint density at radius 2 is 1.93 bits per heavy atom. The molecular weight excluding hydrogens is 350 g/mol. The number of nitrogens with zero attached hydrogens (tertiary/aromatic N) is 3. The maximum absolute atomic E-state index is 12.7. The third-order valence-corrected chi connectivity index (χ3v) is 7.08. The molecule has 1 unspecified atom stereocenters. The Morgan fingerprint density at radius 1 is 1.14 bits per heavy atom. The van der Waals surface area contributed by atoms with Gasteiger partial charge in [-0.05, 0) is 60.6 Å². The number of amides is 1. The summed E-state index contributed by atoms with van der Waals surface area (Å²) in [6.07, 6.45) is 10.3. The molecule has 2 aliphatic carbocycles. The van der Waals surface area contributed by atoms with Gasteiger partial charge in [-0.1, -0.05) is 18.2 Å². The van der Waals surface area contributed by atoms with Crippen LogP contribution < -0.4 is 0 Å². The highest BCUT2D eigenvalue weighted by atomic mass is 16.5. The van der Waals surface area contributed by atoms with Crippen molar-refractivity contribution >= 4 is 5.91 Å². The molecule has 4 aliphatic rings. The smallest absolute Gasteiger partial charge is 0.257 e. The SMILES string of the molecule is O=C(c1cnc(CC2Cc3ccc(C4CC4)cc3C2)nc1)N1CCC12COC2. The molecule has 144 valence electrons. The van der Waals surface area contributed by atoms with Crippen molar-refractivity contribution in [3.63, 3.8) is 0 Å². The van der Waals surface area contributed by atoms with Crippen LogP contribution in [-0.4, -0.2) is 46.1 Å². The number of carbonyl (C=O) groups is 1. The summed E-state index contributed by atoms with van der Waals surface area (Å²) in [6, 6.07) is 7.09. The van der Waals surface area contributed by atoms with Crippen molar-refractivity contribution in [2.24, 2.45) is 5.92 Å². The van der Waals surface area contributed by atoms with Gasteiger partial charge in [0.05, 0.1) is 24.3 Å². The van der Waals surface area contributed by atoms with Crippen LogP contribution in [0.4, 0.5) is 0 Å². The highest BCUT2D eigenvalue weighted by molar-refractivity contribution is 5.94. The van der Waals surface area contributed by atoms with Crippen molar-refractivity contribution in [3.05, 3.63) is 58.7 Å². The fourth-order valence-corrected chi connectivity index (χ4v) is 5.02. The van der Waals surface area contributed by atoms with Crippen LogP contribution in [0, 0.1) is 5.92 Å². The van der Waals surface area contributed by atoms with Gasteiger partial charge in [0.15, 0.2) is 0 Å². The summed E-state index contributed by atoms with van der Waals surface area (Å²) in [4.78, 5) is 23.7. The van der Waals surface area contributed by atoms with Crippen molar-refractivity contribution < 1.29 is 9.53 Å². The van der Waals surface area contributed by atoms with Crippen LogP contribution in [0.3, 0.4) is 0 Å². The highest BCUT2D eigenvalue weighted by Gasteiger charge is 2.53. The lowest BCUT2D eigenvalue weighted by Gasteiger charge is -2.57. The third-order valence-electron chi connectivity index (χ3n) is 7.08. The van der Waals surface area contributed by atoms with Crippen molar-refractivity contribution in [2.75, 3.05) is 19.8 Å². The molecule has 1 saturated carbocycles. The molecule has 0 N–H and O–H groups in total. The number of rotatable bonds is 4. The molecule has 1 spiro atoms. The molecule has 2 aromatic rings. The predicted octanol–water partition coefficient (Wildman–Crippen LogP) is 2.93. The summed E-state index contributed by atoms with van der Waals surface area (Å²) in [5, 5.41) is 0. The molecule has 0 bridgehead atoms. The normalized spacial score (nSPS) is 24.6. The molecule has 1 aromatic heterocycles. The first kappa shape index (κ1) is 16.7. The second-order valence-corrected chi connectivity index (χ2v) is 9.09. The van der Waals surface area contributed by atoms with E-state index in [0.717, 1.165) is 44.0 Å². The largest absolute Gasteiger partial charge is 0.376 e. The lowest BCUT2D eigenvalue weighted by atomic mass is 9.82. The van der Waals surface area contributed by atoms with Crippen LogP contribution in [0.5, 0.6) is 0 Å². The van der Waals surface area contributed by atoms with Gasteiger partial charge in [-0.25, -0.2) is 9.97 Å². The second-order valence-electron chi connectivity index (χ2n) is 9.09. The first-order valence-corrected chi connectivity index (χ1v) is 10.5. The maximum Gasteiger partial charge on any atom is 0.257 e. The van der Waals surface area contributed by atoms with E-state index in [4.69, 9.17) is 4.74 Å². The summed E-state index contributed by atoms with van der Waals surface area (Å²) in [5.41, 5.74) is 5.10. The number of aromatic nitrogens is 2. The zero-order chi connectivity index (χ0) is 18.7. The van der Waals surface area contributed by atoms with Crippen LogP contribution in [0.1, 0.15) is 58.1 Å². The monoisotopic (exact) mass is 375 g/mol. The number of benzene rings is 1. The average molecular weight is 375 g/mol. The molecule has 3 heterocycles. The van der Waals surface area contributed by atoms with Gasteiger partial charge in [0.1, 0.15) is 5.82 Å². The van der Waals surface area contributed by atoms with Crippen molar-refractivity contribution in [2.45, 2.75) is 50.0 Å². The number of fused-ring (bicyclic) bond motifs is 1. The molecular formula is C23H25N3O2. The molecule has 3 fully saturated rings. The summed E-state index contributed by atoms with van der Waals surface area (Å²) in [6.45, 7) is 2.15. The topological polar surface area (TPSA) is 55.3 Å². The van der Waals surface area contributed by atoms with Crippen LogP contribution in [0.2, 0.25) is 0 Å². The van der Waals surface area contributed by atoms with Gasteiger partial charge in [-0.15, -0.1) is 0 Å². The van der Waals surface area contributed by atoms with Gasteiger partial charge in [0, 0.05) is 25.4 Å². The predicted molar refractivity (Wildman–Crippen MR) is 104 cm³/mol. The quantitative estimate of drug-likeness (QED) is 0.825. The molecule has 6 rings (SSSR count). The summed E-state index contributed by atoms with van der Waals surface area (Å²) in [5.74, 6) is 2.27. The van der Waals surface area contributed by atoms with Gasteiger partial charge in [-0.3, -0.25) is 4.79 Å². The third kappa shape index (κ3) is 2.67. The number of ether oxygens (including phenoxy) is 1. The lowest BCUT2D eigenvalue weighted by Crippen LogP contribution is -2.72. The van der Waals surface area contributed by atoms with E-state index in [0.29, 0.717) is 24.7 Å². The number of carbonyl (C=O) groups excluding carboxylic acids is 1. The second kappa shape index (κ2) is 6.11. The van der Waals surface area contributed by atoms with Crippen molar-refractivity contribution in [3.8, 4) is 0 Å². The molecule has 28 heavy (non-hydrogen) atoms. The Labute approximate surface area is 165 Å². The van der Waals surface area contributed by atoms with Crippen LogP contribution in [-0.2, 0) is 24.0 Å². The molecule has 2 aliphatic heterocycles. The van der Waals surface area contributed by atoms with E-state index < -0.39 is 0 Å². The van der Waals surface area contributed by atoms with E-state index >= 15 is 0 Å². The van der Waals surface area contributed by atoms with E-state index in [9.17, 15) is 4.79 Å². The molecule has 5 heteroatoms.